The molecule has 1 N–H and O–H groups in total. The molecule has 2 aromatic rings. The number of likely N-dealkylation sites (tertiary alicyclic amines) is 1. The van der Waals surface area contributed by atoms with Gasteiger partial charge in [0.15, 0.2) is 11.5 Å². The third kappa shape index (κ3) is 2.87. The van der Waals surface area contributed by atoms with E-state index < -0.39 is 5.97 Å². The van der Waals surface area contributed by atoms with E-state index in [0.29, 0.717) is 30.7 Å². The van der Waals surface area contributed by atoms with E-state index in [4.69, 9.17) is 9.47 Å². The molecule has 1 unspecified atom stereocenters. The average molecular weight is 345 g/mol. The molecule has 1 aromatic carbocycles. The maximum atomic E-state index is 11.3. The molecule has 1 saturated heterocycles. The van der Waals surface area contributed by atoms with Gasteiger partial charge in [0.2, 0.25) is 0 Å². The second-order valence-corrected chi connectivity index (χ2v) is 7.03. The van der Waals surface area contributed by atoms with Crippen LogP contribution in [0.4, 0.5) is 0 Å². The molecular formula is C18H19NO4S. The molecule has 1 aromatic heterocycles. The monoisotopic (exact) mass is 345 g/mol. The van der Waals surface area contributed by atoms with Crippen LogP contribution in [0.25, 0.3) is 0 Å². The molecular weight excluding hydrogens is 326 g/mol. The first-order chi connectivity index (χ1) is 11.7. The van der Waals surface area contributed by atoms with Crippen LogP contribution in [0.15, 0.2) is 29.6 Å². The fourth-order valence-corrected chi connectivity index (χ4v) is 4.28. The van der Waals surface area contributed by atoms with Crippen molar-refractivity contribution in [1.82, 2.24) is 4.90 Å². The van der Waals surface area contributed by atoms with E-state index >= 15 is 0 Å². The van der Waals surface area contributed by atoms with E-state index in [2.05, 4.69) is 17.0 Å². The first kappa shape index (κ1) is 15.5. The van der Waals surface area contributed by atoms with Gasteiger partial charge in [-0.1, -0.05) is 6.07 Å². The maximum absolute atomic E-state index is 11.3. The number of carbonyl (C=O) groups is 1. The first-order valence-corrected chi connectivity index (χ1v) is 9.03. The summed E-state index contributed by atoms with van der Waals surface area (Å²) in [4.78, 5) is 14.1. The summed E-state index contributed by atoms with van der Waals surface area (Å²) >= 11 is 1.29. The normalized spacial score (nSPS) is 20.2. The molecule has 126 valence electrons. The molecule has 0 amide bonds. The lowest BCUT2D eigenvalue weighted by molar-refractivity contribution is 0.0699. The van der Waals surface area contributed by atoms with Crippen molar-refractivity contribution < 1.29 is 19.4 Å². The van der Waals surface area contributed by atoms with Crippen LogP contribution in [0.3, 0.4) is 0 Å². The van der Waals surface area contributed by atoms with Crippen molar-refractivity contribution >= 4 is 17.3 Å². The van der Waals surface area contributed by atoms with E-state index in [9.17, 15) is 9.90 Å². The number of benzene rings is 1. The standard InChI is InChI=1S/C18H19NO4S/c20-18(21)17-13(5-9-24-17)11-19-6-1-2-14(19)12-3-4-15-16(10-12)23-8-7-22-15/h3-5,9-10,14H,1-2,6-8,11H2,(H,20,21). The van der Waals surface area contributed by atoms with Gasteiger partial charge in [0.25, 0.3) is 0 Å². The van der Waals surface area contributed by atoms with Crippen LogP contribution in [-0.2, 0) is 6.54 Å². The lowest BCUT2D eigenvalue weighted by atomic mass is 10.0. The second kappa shape index (κ2) is 6.45. The van der Waals surface area contributed by atoms with Crippen molar-refractivity contribution in [3.63, 3.8) is 0 Å². The maximum Gasteiger partial charge on any atom is 0.346 e. The van der Waals surface area contributed by atoms with Crippen LogP contribution >= 0.6 is 11.3 Å². The minimum atomic E-state index is -0.838. The Morgan fingerprint density at radius 2 is 2.08 bits per heavy atom. The summed E-state index contributed by atoms with van der Waals surface area (Å²) < 4.78 is 11.3. The second-order valence-electron chi connectivity index (χ2n) is 6.11. The highest BCUT2D eigenvalue weighted by atomic mass is 32.1. The number of carboxylic acids is 1. The molecule has 2 aliphatic heterocycles. The van der Waals surface area contributed by atoms with Gasteiger partial charge in [0.05, 0.1) is 0 Å². The van der Waals surface area contributed by atoms with Crippen molar-refractivity contribution in [3.05, 3.63) is 45.6 Å². The average Bonchev–Trinajstić information content (AvgIpc) is 3.24. The van der Waals surface area contributed by atoms with E-state index in [-0.39, 0.29) is 0 Å². The number of ether oxygens (including phenoxy) is 2. The number of thiophene rings is 1. The molecule has 0 radical (unpaired) electrons. The van der Waals surface area contributed by atoms with Crippen LogP contribution in [0.1, 0.15) is 39.7 Å². The zero-order valence-electron chi connectivity index (χ0n) is 13.2. The minimum absolute atomic E-state index is 0.294. The zero-order valence-corrected chi connectivity index (χ0v) is 14.1. The molecule has 1 atom stereocenters. The lowest BCUT2D eigenvalue weighted by Gasteiger charge is -2.26. The van der Waals surface area contributed by atoms with E-state index in [1.54, 1.807) is 0 Å². The highest BCUT2D eigenvalue weighted by Crippen LogP contribution is 2.39. The van der Waals surface area contributed by atoms with Crippen LogP contribution < -0.4 is 9.47 Å². The lowest BCUT2D eigenvalue weighted by Crippen LogP contribution is -2.23. The summed E-state index contributed by atoms with van der Waals surface area (Å²) in [7, 11) is 0. The number of fused-ring (bicyclic) bond motifs is 1. The van der Waals surface area contributed by atoms with E-state index in [1.165, 1.54) is 16.9 Å². The number of hydrogen-bond acceptors (Lipinski definition) is 5. The Labute approximate surface area is 144 Å². The van der Waals surface area contributed by atoms with Crippen molar-refractivity contribution in [2.45, 2.75) is 25.4 Å². The first-order valence-electron chi connectivity index (χ1n) is 8.15. The van der Waals surface area contributed by atoms with Gasteiger partial charge in [-0.05, 0) is 54.1 Å². The van der Waals surface area contributed by atoms with E-state index in [1.807, 2.05) is 17.5 Å². The van der Waals surface area contributed by atoms with Gasteiger partial charge in [0, 0.05) is 12.6 Å². The SMILES string of the molecule is O=C(O)c1sccc1CN1CCCC1c1ccc2c(c1)OCCO2. The quantitative estimate of drug-likeness (QED) is 0.918. The molecule has 0 bridgehead atoms. The van der Waals surface area contributed by atoms with Crippen LogP contribution in [0.5, 0.6) is 11.5 Å². The summed E-state index contributed by atoms with van der Waals surface area (Å²) in [5.74, 6) is 0.781. The van der Waals surface area contributed by atoms with Gasteiger partial charge >= 0.3 is 5.97 Å². The summed E-state index contributed by atoms with van der Waals surface area (Å²) in [5, 5.41) is 11.2. The molecule has 2 aliphatic rings. The molecule has 0 aliphatic carbocycles. The zero-order chi connectivity index (χ0) is 16.5. The largest absolute Gasteiger partial charge is 0.486 e. The van der Waals surface area contributed by atoms with Gasteiger partial charge in [-0.2, -0.15) is 0 Å². The van der Waals surface area contributed by atoms with Crippen molar-refractivity contribution in [1.29, 1.82) is 0 Å². The van der Waals surface area contributed by atoms with Gasteiger partial charge in [-0.25, -0.2) is 4.79 Å². The highest BCUT2D eigenvalue weighted by Gasteiger charge is 2.28. The van der Waals surface area contributed by atoms with Crippen molar-refractivity contribution in [2.24, 2.45) is 0 Å². The molecule has 24 heavy (non-hydrogen) atoms. The fraction of sp³-hybridized carbons (Fsp3) is 0.389. The number of nitrogens with zero attached hydrogens (tertiary/aromatic N) is 1. The van der Waals surface area contributed by atoms with Crippen LogP contribution in [0.2, 0.25) is 0 Å². The molecule has 0 saturated carbocycles. The predicted octanol–water partition coefficient (Wildman–Crippen LogP) is 3.55. The van der Waals surface area contributed by atoms with Crippen molar-refractivity contribution in [2.75, 3.05) is 19.8 Å². The summed E-state index contributed by atoms with van der Waals surface area (Å²) in [6.45, 7) is 2.83. The predicted molar refractivity (Wildman–Crippen MR) is 91.1 cm³/mol. The summed E-state index contributed by atoms with van der Waals surface area (Å²) in [6.07, 6.45) is 2.19. The number of hydrogen-bond donors (Lipinski definition) is 1. The minimum Gasteiger partial charge on any atom is -0.486 e. The molecule has 0 spiro atoms. The Morgan fingerprint density at radius 1 is 1.25 bits per heavy atom. The molecule has 4 rings (SSSR count). The third-order valence-electron chi connectivity index (χ3n) is 4.63. The molecule has 6 heteroatoms. The Bertz CT molecular complexity index is 757. The Balaban J connectivity index is 1.56. The fourth-order valence-electron chi connectivity index (χ4n) is 3.53. The Kier molecular flexibility index (Phi) is 4.16. The smallest absolute Gasteiger partial charge is 0.346 e. The molecule has 1 fully saturated rings. The molecule has 3 heterocycles. The van der Waals surface area contributed by atoms with Gasteiger partial charge in [-0.15, -0.1) is 11.3 Å². The van der Waals surface area contributed by atoms with E-state index in [0.717, 1.165) is 36.4 Å². The number of rotatable bonds is 4. The Morgan fingerprint density at radius 3 is 2.92 bits per heavy atom. The van der Waals surface area contributed by atoms with Gasteiger partial charge in [-0.3, -0.25) is 4.90 Å². The van der Waals surface area contributed by atoms with Crippen LogP contribution in [0, 0.1) is 0 Å². The van der Waals surface area contributed by atoms with Gasteiger partial charge in [0.1, 0.15) is 18.1 Å². The van der Waals surface area contributed by atoms with Crippen molar-refractivity contribution in [3.8, 4) is 11.5 Å². The Hall–Kier alpha value is -2.05. The van der Waals surface area contributed by atoms with Crippen LogP contribution in [-0.4, -0.2) is 35.7 Å². The topological polar surface area (TPSA) is 59.0 Å². The number of carboxylic acid groups (broad SMARTS) is 1. The highest BCUT2D eigenvalue weighted by molar-refractivity contribution is 7.12. The summed E-state index contributed by atoms with van der Waals surface area (Å²) in [5.41, 5.74) is 2.11. The molecule has 5 nitrogen and oxygen atoms in total. The third-order valence-corrected chi connectivity index (χ3v) is 5.57. The van der Waals surface area contributed by atoms with Gasteiger partial charge < -0.3 is 14.6 Å². The number of aromatic carboxylic acids is 1. The summed E-state index contributed by atoms with van der Waals surface area (Å²) in [6, 6.07) is 8.37.